The molecule has 0 aliphatic rings. The Bertz CT molecular complexity index is 599. The van der Waals surface area contributed by atoms with Gasteiger partial charge in [0, 0.05) is 18.0 Å². The predicted octanol–water partition coefficient (Wildman–Crippen LogP) is 0.325. The molecule has 0 unspecified atom stereocenters. The van der Waals surface area contributed by atoms with E-state index < -0.39 is 0 Å². The van der Waals surface area contributed by atoms with E-state index >= 15 is 0 Å². The highest BCUT2D eigenvalue weighted by Crippen LogP contribution is 2.18. The second-order valence-corrected chi connectivity index (χ2v) is 4.41. The highest BCUT2D eigenvalue weighted by molar-refractivity contribution is 7.98. The van der Waals surface area contributed by atoms with Crippen LogP contribution in [0.3, 0.4) is 0 Å². The van der Waals surface area contributed by atoms with Crippen molar-refractivity contribution in [2.75, 3.05) is 11.2 Å². The molecule has 0 spiro atoms. The first-order valence-corrected chi connectivity index (χ1v) is 6.07. The lowest BCUT2D eigenvalue weighted by Crippen LogP contribution is -2.09. The van der Waals surface area contributed by atoms with Crippen LogP contribution < -0.4 is 22.6 Å². The molecule has 0 aliphatic carbocycles. The van der Waals surface area contributed by atoms with Gasteiger partial charge < -0.3 is 16.1 Å². The molecule has 0 saturated carbocycles. The summed E-state index contributed by atoms with van der Waals surface area (Å²) in [6.45, 7) is 0. The normalized spacial score (nSPS) is 10.3. The third-order valence-corrected chi connectivity index (χ3v) is 2.99. The Hall–Kier alpha value is -2.06. The number of rotatable bonds is 4. The van der Waals surface area contributed by atoms with Crippen LogP contribution in [-0.2, 0) is 5.75 Å². The van der Waals surface area contributed by atoms with E-state index in [4.69, 9.17) is 11.6 Å². The fourth-order valence-corrected chi connectivity index (χ4v) is 2.10. The molecule has 8 heteroatoms. The maximum absolute atomic E-state index is 11.2. The van der Waals surface area contributed by atoms with E-state index in [1.165, 1.54) is 17.8 Å². The molecule has 0 atom stereocenters. The van der Waals surface area contributed by atoms with Crippen LogP contribution in [0.25, 0.3) is 0 Å². The van der Waals surface area contributed by atoms with Crippen molar-refractivity contribution in [1.29, 1.82) is 0 Å². The topological polar surface area (TPSA) is 123 Å². The lowest BCUT2D eigenvalue weighted by atomic mass is 10.3. The number of nitrogens with zero attached hydrogens (tertiary/aromatic N) is 2. The maximum Gasteiger partial charge on any atom is 0.253 e. The van der Waals surface area contributed by atoms with Gasteiger partial charge in [-0.25, -0.2) is 4.98 Å². The van der Waals surface area contributed by atoms with E-state index in [0.717, 1.165) is 11.4 Å². The largest absolute Gasteiger partial charge is 0.383 e. The number of pyridine rings is 1. The molecule has 0 fully saturated rings. The number of hydrazine groups is 1. The fourth-order valence-electron chi connectivity index (χ4n) is 1.31. The Labute approximate surface area is 107 Å². The summed E-state index contributed by atoms with van der Waals surface area (Å²) in [5.41, 5.74) is 9.35. The van der Waals surface area contributed by atoms with Gasteiger partial charge in [0.2, 0.25) is 0 Å². The van der Waals surface area contributed by atoms with Gasteiger partial charge in [0.1, 0.15) is 5.82 Å². The van der Waals surface area contributed by atoms with Crippen LogP contribution >= 0.6 is 11.8 Å². The van der Waals surface area contributed by atoms with E-state index in [1.54, 1.807) is 12.3 Å². The van der Waals surface area contributed by atoms with Crippen LogP contribution in [0.1, 0.15) is 5.69 Å². The highest BCUT2D eigenvalue weighted by Gasteiger charge is 2.02. The summed E-state index contributed by atoms with van der Waals surface area (Å²) in [4.78, 5) is 22.0. The molecule has 0 amide bonds. The second kappa shape index (κ2) is 5.52. The highest BCUT2D eigenvalue weighted by atomic mass is 32.2. The van der Waals surface area contributed by atoms with E-state index in [0.29, 0.717) is 10.9 Å². The zero-order chi connectivity index (χ0) is 13.0. The zero-order valence-corrected chi connectivity index (χ0v) is 10.2. The van der Waals surface area contributed by atoms with Crippen molar-refractivity contribution < 1.29 is 0 Å². The average Bonchev–Trinajstić information content (AvgIpc) is 2.35. The summed E-state index contributed by atoms with van der Waals surface area (Å²) in [5.74, 6) is 6.06. The Balaban J connectivity index is 2.08. The molecule has 94 valence electrons. The summed E-state index contributed by atoms with van der Waals surface area (Å²) in [7, 11) is 0. The van der Waals surface area contributed by atoms with Crippen molar-refractivity contribution in [1.82, 2.24) is 15.0 Å². The van der Waals surface area contributed by atoms with Gasteiger partial charge >= 0.3 is 0 Å². The second-order valence-electron chi connectivity index (χ2n) is 3.44. The number of nitrogen functional groups attached to an aromatic ring is 2. The smallest absolute Gasteiger partial charge is 0.253 e. The van der Waals surface area contributed by atoms with Gasteiger partial charge in [-0.2, -0.15) is 0 Å². The van der Waals surface area contributed by atoms with Crippen LogP contribution in [-0.4, -0.2) is 15.0 Å². The molecular weight excluding hydrogens is 252 g/mol. The van der Waals surface area contributed by atoms with Gasteiger partial charge in [0.25, 0.3) is 5.56 Å². The van der Waals surface area contributed by atoms with Crippen LogP contribution in [0.5, 0.6) is 0 Å². The number of thioether (sulfide) groups is 1. The third-order valence-electron chi connectivity index (χ3n) is 2.08. The van der Waals surface area contributed by atoms with Crippen molar-refractivity contribution in [3.05, 3.63) is 40.4 Å². The molecule has 0 radical (unpaired) electrons. The number of hydrogen-bond donors (Lipinski definition) is 4. The number of nitrogens with one attached hydrogen (secondary N) is 2. The first kappa shape index (κ1) is 12.4. The summed E-state index contributed by atoms with van der Waals surface area (Å²) in [6, 6.07) is 4.81. The monoisotopic (exact) mass is 264 g/mol. The molecule has 0 aromatic carbocycles. The Morgan fingerprint density at radius 3 is 3.00 bits per heavy atom. The predicted molar refractivity (Wildman–Crippen MR) is 70.9 cm³/mol. The molecule has 0 saturated heterocycles. The van der Waals surface area contributed by atoms with Crippen molar-refractivity contribution in [2.24, 2.45) is 5.84 Å². The quantitative estimate of drug-likeness (QED) is 0.271. The summed E-state index contributed by atoms with van der Waals surface area (Å²) in [5, 5.41) is 0.466. The molecule has 2 aromatic rings. The van der Waals surface area contributed by atoms with Crippen LogP contribution in [0.2, 0.25) is 0 Å². The van der Waals surface area contributed by atoms with E-state index in [2.05, 4.69) is 20.4 Å². The maximum atomic E-state index is 11.2. The fraction of sp³-hybridized carbons (Fsp3) is 0.100. The van der Waals surface area contributed by atoms with Crippen molar-refractivity contribution in [3.63, 3.8) is 0 Å². The zero-order valence-electron chi connectivity index (χ0n) is 9.38. The molecule has 18 heavy (non-hydrogen) atoms. The first-order valence-electron chi connectivity index (χ1n) is 5.08. The van der Waals surface area contributed by atoms with Gasteiger partial charge in [-0.1, -0.05) is 11.8 Å². The van der Waals surface area contributed by atoms with E-state index in [1.807, 2.05) is 6.07 Å². The molecule has 7 nitrogen and oxygen atoms in total. The lowest BCUT2D eigenvalue weighted by molar-refractivity contribution is 0.943. The van der Waals surface area contributed by atoms with Crippen molar-refractivity contribution >= 4 is 23.3 Å². The minimum Gasteiger partial charge on any atom is -0.383 e. The van der Waals surface area contributed by atoms with Gasteiger partial charge in [-0.05, 0) is 12.1 Å². The number of anilines is 2. The lowest BCUT2D eigenvalue weighted by Gasteiger charge is -2.03. The Kier molecular flexibility index (Phi) is 3.80. The average molecular weight is 264 g/mol. The van der Waals surface area contributed by atoms with Crippen molar-refractivity contribution in [2.45, 2.75) is 10.9 Å². The molecule has 2 rings (SSSR count). The van der Waals surface area contributed by atoms with Crippen LogP contribution in [0.4, 0.5) is 11.5 Å². The summed E-state index contributed by atoms with van der Waals surface area (Å²) < 4.78 is 0. The molecule has 0 aliphatic heterocycles. The van der Waals surface area contributed by atoms with Gasteiger partial charge in [-0.3, -0.25) is 15.6 Å². The number of aromatic nitrogens is 3. The number of nitrogens with two attached hydrogens (primary N) is 2. The van der Waals surface area contributed by atoms with Crippen molar-refractivity contribution in [3.8, 4) is 0 Å². The number of aromatic amines is 1. The first-order chi connectivity index (χ1) is 8.67. The van der Waals surface area contributed by atoms with E-state index in [-0.39, 0.29) is 11.4 Å². The minimum atomic E-state index is -0.268. The van der Waals surface area contributed by atoms with Gasteiger partial charge in [0.15, 0.2) is 5.16 Å². The Morgan fingerprint density at radius 2 is 2.28 bits per heavy atom. The standard InChI is InChI=1S/C10H12N6OS/c11-8-4-9(17)15-10(14-8)18-5-7-3-6(16-12)1-2-13-7/h1-4H,5,12H2,(H,13,16)(H3,11,14,15,17). The van der Waals surface area contributed by atoms with Crippen LogP contribution in [0.15, 0.2) is 34.3 Å². The third kappa shape index (κ3) is 3.22. The molecular formula is C10H12N6OS. The molecule has 2 heterocycles. The molecule has 6 N–H and O–H groups in total. The van der Waals surface area contributed by atoms with Gasteiger partial charge in [-0.15, -0.1) is 0 Å². The molecule has 2 aromatic heterocycles. The minimum absolute atomic E-state index is 0.201. The Morgan fingerprint density at radius 1 is 1.44 bits per heavy atom. The van der Waals surface area contributed by atoms with Crippen LogP contribution in [0, 0.1) is 0 Å². The SMILES string of the molecule is NNc1ccnc(CSc2nc(N)cc(=O)[nH]2)c1. The number of hydrogen-bond acceptors (Lipinski definition) is 7. The summed E-state index contributed by atoms with van der Waals surface area (Å²) >= 11 is 1.34. The molecule has 0 bridgehead atoms. The van der Waals surface area contributed by atoms with Gasteiger partial charge in [0.05, 0.1) is 11.4 Å². The number of H-pyrrole nitrogens is 1. The summed E-state index contributed by atoms with van der Waals surface area (Å²) in [6.07, 6.45) is 1.65. The van der Waals surface area contributed by atoms with E-state index in [9.17, 15) is 4.79 Å².